The molecule has 2 unspecified atom stereocenters. The van der Waals surface area contributed by atoms with E-state index < -0.39 is 10.8 Å². The predicted octanol–water partition coefficient (Wildman–Crippen LogP) is 1.45. The van der Waals surface area contributed by atoms with Crippen molar-refractivity contribution in [1.82, 2.24) is 0 Å². The van der Waals surface area contributed by atoms with Gasteiger partial charge in [0.15, 0.2) is 0 Å². The van der Waals surface area contributed by atoms with Crippen LogP contribution in [0.25, 0.3) is 0 Å². The lowest BCUT2D eigenvalue weighted by atomic mass is 10.3. The summed E-state index contributed by atoms with van der Waals surface area (Å²) in [5.41, 5.74) is 0. The van der Waals surface area contributed by atoms with Gasteiger partial charge in [-0.05, 0) is 6.42 Å². The largest absolute Gasteiger partial charge is 0.259 e. The maximum Gasteiger partial charge on any atom is 0.0634 e. The van der Waals surface area contributed by atoms with Gasteiger partial charge in [-0.25, -0.2) is 0 Å². The second-order valence-corrected chi connectivity index (χ2v) is 4.07. The lowest BCUT2D eigenvalue weighted by Gasteiger charge is -2.07. The zero-order valence-electron chi connectivity index (χ0n) is 6.46. The Morgan fingerprint density at radius 2 is 2.20 bits per heavy atom. The van der Waals surface area contributed by atoms with E-state index >= 15 is 0 Å². The van der Waals surface area contributed by atoms with Crippen LogP contribution in [-0.4, -0.2) is 15.2 Å². The van der Waals surface area contributed by atoms with Gasteiger partial charge in [0, 0.05) is 28.2 Å². The first-order valence-corrected chi connectivity index (χ1v) is 4.88. The molecule has 0 saturated heterocycles. The minimum absolute atomic E-state index is 0.0926. The van der Waals surface area contributed by atoms with Crippen molar-refractivity contribution in [2.45, 2.75) is 31.9 Å². The third-order valence-corrected chi connectivity index (χ3v) is 3.24. The molecule has 0 aromatic carbocycles. The number of nitriles is 1. The van der Waals surface area contributed by atoms with Crippen LogP contribution in [0.15, 0.2) is 0 Å². The smallest absolute Gasteiger partial charge is 0.0634 e. The molecule has 0 aromatic heterocycles. The van der Waals surface area contributed by atoms with Crippen molar-refractivity contribution < 1.29 is 4.21 Å². The number of rotatable bonds is 4. The van der Waals surface area contributed by atoms with Crippen LogP contribution in [0, 0.1) is 11.3 Å². The van der Waals surface area contributed by atoms with Crippen molar-refractivity contribution in [2.75, 3.05) is 5.75 Å². The second kappa shape index (κ2) is 5.43. The van der Waals surface area contributed by atoms with E-state index in [4.69, 9.17) is 5.26 Å². The number of hydrogen-bond donors (Lipinski definition) is 0. The van der Waals surface area contributed by atoms with E-state index in [1.165, 1.54) is 0 Å². The van der Waals surface area contributed by atoms with E-state index in [1.54, 1.807) is 0 Å². The van der Waals surface area contributed by atoms with Gasteiger partial charge in [0.25, 0.3) is 0 Å². The standard InChI is InChI=1S/C7H13NOS/c1-3-7(5-6-8)10(9)4-2/h7H,3-5H2,1-2H3. The van der Waals surface area contributed by atoms with E-state index in [0.717, 1.165) is 6.42 Å². The van der Waals surface area contributed by atoms with Crippen molar-refractivity contribution in [3.8, 4) is 6.07 Å². The lowest BCUT2D eigenvalue weighted by molar-refractivity contribution is 0.665. The molecule has 0 rings (SSSR count). The summed E-state index contributed by atoms with van der Waals surface area (Å²) in [6, 6.07) is 2.04. The van der Waals surface area contributed by atoms with Crippen LogP contribution < -0.4 is 0 Å². The fourth-order valence-electron chi connectivity index (χ4n) is 0.761. The molecule has 0 spiro atoms. The average molecular weight is 159 g/mol. The SMILES string of the molecule is CCC(CC#N)S(=O)CC. The van der Waals surface area contributed by atoms with Crippen molar-refractivity contribution in [3.05, 3.63) is 0 Å². The molecule has 2 atom stereocenters. The predicted molar refractivity (Wildman–Crippen MR) is 43.0 cm³/mol. The fourth-order valence-corrected chi connectivity index (χ4v) is 1.86. The van der Waals surface area contributed by atoms with Gasteiger partial charge in [-0.2, -0.15) is 5.26 Å². The van der Waals surface area contributed by atoms with Crippen LogP contribution in [0.4, 0.5) is 0 Å². The molecule has 3 heteroatoms. The molecule has 0 aliphatic heterocycles. The van der Waals surface area contributed by atoms with Crippen LogP contribution in [0.5, 0.6) is 0 Å². The molecule has 0 bridgehead atoms. The Kier molecular flexibility index (Phi) is 5.23. The Labute approximate surface area is 64.7 Å². The Morgan fingerprint density at radius 3 is 2.50 bits per heavy atom. The van der Waals surface area contributed by atoms with Crippen LogP contribution in [0.3, 0.4) is 0 Å². The first-order chi connectivity index (χ1) is 4.76. The van der Waals surface area contributed by atoms with Gasteiger partial charge in [0.1, 0.15) is 0 Å². The first kappa shape index (κ1) is 9.64. The molecule has 0 N–H and O–H groups in total. The van der Waals surface area contributed by atoms with Gasteiger partial charge < -0.3 is 0 Å². The molecule has 0 heterocycles. The molecule has 58 valence electrons. The van der Waals surface area contributed by atoms with Gasteiger partial charge in [-0.3, -0.25) is 4.21 Å². The molecule has 0 saturated carbocycles. The summed E-state index contributed by atoms with van der Waals surface area (Å²) < 4.78 is 11.1. The van der Waals surface area contributed by atoms with Gasteiger partial charge in [-0.1, -0.05) is 13.8 Å². The Morgan fingerprint density at radius 1 is 1.60 bits per heavy atom. The number of nitrogens with zero attached hydrogens (tertiary/aromatic N) is 1. The van der Waals surface area contributed by atoms with Gasteiger partial charge in [0.2, 0.25) is 0 Å². The third-order valence-electron chi connectivity index (χ3n) is 1.43. The highest BCUT2D eigenvalue weighted by Crippen LogP contribution is 2.05. The monoisotopic (exact) mass is 159 g/mol. The van der Waals surface area contributed by atoms with E-state index in [-0.39, 0.29) is 5.25 Å². The molecule has 0 aromatic rings. The van der Waals surface area contributed by atoms with E-state index in [2.05, 4.69) is 0 Å². The number of hydrogen-bond acceptors (Lipinski definition) is 2. The van der Waals surface area contributed by atoms with Crippen LogP contribution >= 0.6 is 0 Å². The van der Waals surface area contributed by atoms with E-state index in [1.807, 2.05) is 19.9 Å². The molecule has 10 heavy (non-hydrogen) atoms. The van der Waals surface area contributed by atoms with Crippen LogP contribution in [-0.2, 0) is 10.8 Å². The Bertz CT molecular complexity index is 150. The summed E-state index contributed by atoms with van der Waals surface area (Å²) in [5, 5.41) is 8.42. The van der Waals surface area contributed by atoms with Crippen molar-refractivity contribution in [2.24, 2.45) is 0 Å². The first-order valence-electron chi connectivity index (χ1n) is 3.50. The topological polar surface area (TPSA) is 40.9 Å². The van der Waals surface area contributed by atoms with Gasteiger partial charge in [-0.15, -0.1) is 0 Å². The van der Waals surface area contributed by atoms with E-state index in [0.29, 0.717) is 12.2 Å². The maximum atomic E-state index is 11.1. The van der Waals surface area contributed by atoms with Gasteiger partial charge >= 0.3 is 0 Å². The van der Waals surface area contributed by atoms with Crippen molar-refractivity contribution in [3.63, 3.8) is 0 Å². The molecule has 0 radical (unpaired) electrons. The van der Waals surface area contributed by atoms with E-state index in [9.17, 15) is 4.21 Å². The Balaban J connectivity index is 3.83. The molecule has 0 aliphatic rings. The van der Waals surface area contributed by atoms with Gasteiger partial charge in [0.05, 0.1) is 6.07 Å². The third kappa shape index (κ3) is 2.98. The highest BCUT2D eigenvalue weighted by molar-refractivity contribution is 7.85. The summed E-state index contributed by atoms with van der Waals surface area (Å²) in [5.74, 6) is 0.667. The fraction of sp³-hybridized carbons (Fsp3) is 0.857. The van der Waals surface area contributed by atoms with Crippen LogP contribution in [0.2, 0.25) is 0 Å². The maximum absolute atomic E-state index is 11.1. The zero-order chi connectivity index (χ0) is 7.98. The molecule has 0 amide bonds. The summed E-state index contributed by atoms with van der Waals surface area (Å²) in [6.45, 7) is 3.85. The summed E-state index contributed by atoms with van der Waals surface area (Å²) in [7, 11) is -0.787. The summed E-state index contributed by atoms with van der Waals surface area (Å²) in [6.07, 6.45) is 1.27. The highest BCUT2D eigenvalue weighted by atomic mass is 32.2. The van der Waals surface area contributed by atoms with Crippen LogP contribution in [0.1, 0.15) is 26.7 Å². The molecule has 2 nitrogen and oxygen atoms in total. The summed E-state index contributed by atoms with van der Waals surface area (Å²) >= 11 is 0. The minimum atomic E-state index is -0.787. The molecule has 0 aliphatic carbocycles. The molecular formula is C7H13NOS. The van der Waals surface area contributed by atoms with Crippen molar-refractivity contribution >= 4 is 10.8 Å². The van der Waals surface area contributed by atoms with Crippen molar-refractivity contribution in [1.29, 1.82) is 5.26 Å². The highest BCUT2D eigenvalue weighted by Gasteiger charge is 2.11. The summed E-state index contributed by atoms with van der Waals surface area (Å²) in [4.78, 5) is 0. The molecule has 0 fully saturated rings. The second-order valence-electron chi connectivity index (χ2n) is 2.06. The molecular weight excluding hydrogens is 146 g/mol. The average Bonchev–Trinajstić information content (AvgIpc) is 1.99. The quantitative estimate of drug-likeness (QED) is 0.623. The lowest BCUT2D eigenvalue weighted by Crippen LogP contribution is -2.14. The normalized spacial score (nSPS) is 15.7. The zero-order valence-corrected chi connectivity index (χ0v) is 7.28. The Hall–Kier alpha value is -0.360. The minimum Gasteiger partial charge on any atom is -0.259 e.